The number of nitrogens with zero attached hydrogens (tertiary/aromatic N) is 2. The first kappa shape index (κ1) is 14.4. The lowest BCUT2D eigenvalue weighted by Gasteiger charge is -2.54. The van der Waals surface area contributed by atoms with E-state index in [9.17, 15) is 5.73 Å². The Morgan fingerprint density at radius 1 is 0.944 bits per heavy atom. The molecule has 1 aliphatic heterocycles. The van der Waals surface area contributed by atoms with Crippen LogP contribution in [0.3, 0.4) is 0 Å². The summed E-state index contributed by atoms with van der Waals surface area (Å²) in [6.45, 7) is 22.6. The Kier molecular flexibility index (Phi) is 3.62. The molecule has 18 heavy (non-hydrogen) atoms. The van der Waals surface area contributed by atoms with Gasteiger partial charge in [-0.15, -0.1) is 32.0 Å². The lowest BCUT2D eigenvalue weighted by Crippen LogP contribution is -2.65. The summed E-state index contributed by atoms with van der Waals surface area (Å²) in [6.07, 6.45) is 6.08. The highest BCUT2D eigenvalue weighted by Gasteiger charge is 2.53. The molecule has 93 valence electrons. The Hall–Kier alpha value is -1.68. The maximum Gasteiger partial charge on any atom is 0.0966 e. The average molecular weight is 240 g/mol. The van der Waals surface area contributed by atoms with Gasteiger partial charge in [-0.3, -0.25) is 0 Å². The fourth-order valence-electron chi connectivity index (χ4n) is 2.30. The van der Waals surface area contributed by atoms with Gasteiger partial charge in [-0.2, -0.15) is 10.9 Å². The molecule has 0 aromatic carbocycles. The predicted octanol–water partition coefficient (Wildman–Crippen LogP) is 2.27. The first-order chi connectivity index (χ1) is 8.37. The monoisotopic (exact) mass is 240 g/mol. The third-order valence-electron chi connectivity index (χ3n) is 3.67. The second-order valence-electron chi connectivity index (χ2n) is 4.26. The van der Waals surface area contributed by atoms with Crippen LogP contribution in [0.5, 0.6) is 0 Å². The minimum absolute atomic E-state index is 0.395. The van der Waals surface area contributed by atoms with Gasteiger partial charge in [0.05, 0.1) is 17.1 Å². The zero-order chi connectivity index (χ0) is 14.1. The van der Waals surface area contributed by atoms with Crippen LogP contribution in [0.2, 0.25) is 0 Å². The molecule has 1 aliphatic rings. The van der Waals surface area contributed by atoms with E-state index in [1.807, 2.05) is 0 Å². The van der Waals surface area contributed by atoms with Crippen molar-refractivity contribution in [2.24, 2.45) is 0 Å². The molecule has 3 radical (unpaired) electrons. The van der Waals surface area contributed by atoms with Crippen LogP contribution in [0.25, 0.3) is 0 Å². The highest BCUT2D eigenvalue weighted by Crippen LogP contribution is 2.44. The van der Waals surface area contributed by atoms with Crippen LogP contribution in [0.1, 0.15) is 0 Å². The van der Waals surface area contributed by atoms with Crippen molar-refractivity contribution in [3.8, 4) is 0 Å². The molecule has 0 aliphatic carbocycles. The van der Waals surface area contributed by atoms with Gasteiger partial charge >= 0.3 is 0 Å². The lowest BCUT2D eigenvalue weighted by atomic mass is 9.70. The molecule has 3 heteroatoms. The van der Waals surface area contributed by atoms with Gasteiger partial charge in [-0.1, -0.05) is 37.5 Å². The summed E-state index contributed by atoms with van der Waals surface area (Å²) in [5.41, 5.74) is 8.94. The van der Waals surface area contributed by atoms with E-state index in [2.05, 4.69) is 39.5 Å². The summed E-state index contributed by atoms with van der Waals surface area (Å²) in [6, 6.07) is -0.974. The third-order valence-corrected chi connectivity index (χ3v) is 3.67. The summed E-state index contributed by atoms with van der Waals surface area (Å²) >= 11 is 0. The number of hydrogen-bond donors (Lipinski definition) is 0. The Bertz CT molecular complexity index is 389. The molecule has 1 fully saturated rings. The van der Waals surface area contributed by atoms with Crippen LogP contribution >= 0.6 is 0 Å². The quantitative estimate of drug-likeness (QED) is 0.695. The molecule has 1 heterocycles. The van der Waals surface area contributed by atoms with Crippen molar-refractivity contribution in [1.29, 1.82) is 0 Å². The molecule has 0 spiro atoms. The number of hydrogen-bond acceptors (Lipinski definition) is 1. The third kappa shape index (κ3) is 1.42. The van der Waals surface area contributed by atoms with Crippen molar-refractivity contribution < 1.29 is 0 Å². The van der Waals surface area contributed by atoms with Crippen LogP contribution in [0.15, 0.2) is 74.9 Å². The fourth-order valence-corrected chi connectivity index (χ4v) is 2.30. The molecule has 0 aromatic rings. The second kappa shape index (κ2) is 4.53. The molecule has 1 rings (SSSR count). The lowest BCUT2D eigenvalue weighted by molar-refractivity contribution is 0.0969. The Labute approximate surface area is 109 Å². The van der Waals surface area contributed by atoms with E-state index in [0.717, 1.165) is 0 Å². The predicted molar refractivity (Wildman–Crippen MR) is 75.4 cm³/mol. The molecule has 0 saturated carbocycles. The first-order valence-electron chi connectivity index (χ1n) is 5.50. The van der Waals surface area contributed by atoms with Crippen molar-refractivity contribution >= 4 is 0 Å². The van der Waals surface area contributed by atoms with E-state index in [4.69, 9.17) is 5.84 Å². The van der Waals surface area contributed by atoms with Gasteiger partial charge in [0.25, 0.3) is 0 Å². The van der Waals surface area contributed by atoms with Gasteiger partial charge in [-0.05, 0) is 11.1 Å². The van der Waals surface area contributed by atoms with Gasteiger partial charge in [0.15, 0.2) is 0 Å². The maximum atomic E-state index is 10.3. The van der Waals surface area contributed by atoms with Crippen molar-refractivity contribution in [2.45, 2.75) is 17.1 Å². The van der Waals surface area contributed by atoms with E-state index < -0.39 is 17.1 Å². The minimum Gasteiger partial charge on any atom is -0.194 e. The van der Waals surface area contributed by atoms with E-state index in [-0.39, 0.29) is 0 Å². The Morgan fingerprint density at radius 2 is 1.22 bits per heavy atom. The summed E-state index contributed by atoms with van der Waals surface area (Å²) < 4.78 is 0. The fraction of sp³-hybridized carbons (Fsp3) is 0.200. The van der Waals surface area contributed by atoms with Crippen molar-refractivity contribution in [3.05, 3.63) is 74.9 Å². The highest BCUT2D eigenvalue weighted by atomic mass is 15.5. The first-order valence-corrected chi connectivity index (χ1v) is 5.50. The van der Waals surface area contributed by atoms with E-state index >= 15 is 0 Å². The van der Waals surface area contributed by atoms with Crippen molar-refractivity contribution in [2.75, 3.05) is 0 Å². The molecular weight excluding hydrogens is 222 g/mol. The smallest absolute Gasteiger partial charge is 0.0966 e. The molecular formula is C15H18N3. The van der Waals surface area contributed by atoms with Crippen LogP contribution in [0.4, 0.5) is 0 Å². The highest BCUT2D eigenvalue weighted by molar-refractivity contribution is 5.53. The normalized spacial score (nSPS) is 23.4. The molecule has 0 aromatic heterocycles. The van der Waals surface area contributed by atoms with E-state index in [1.54, 1.807) is 0 Å². The number of rotatable bonds is 4. The number of nitrogens with one attached hydrogen (secondary N) is 1. The van der Waals surface area contributed by atoms with Gasteiger partial charge < -0.3 is 0 Å². The van der Waals surface area contributed by atoms with Crippen LogP contribution in [0, 0.1) is 0 Å². The minimum atomic E-state index is -1.05. The standard InChI is InChI=1S/C15H18N3/c1-7-14(8-2)11(5)13(16)12(6)15(9-3,10-4)18(14)17/h7-10,13,17H,1-6H2. The molecule has 0 unspecified atom stereocenters. The topological polar surface area (TPSA) is 49.3 Å². The van der Waals surface area contributed by atoms with Gasteiger partial charge in [0.1, 0.15) is 0 Å². The summed E-state index contributed by atoms with van der Waals surface area (Å²) in [5, 5.41) is 1.21. The van der Waals surface area contributed by atoms with Crippen molar-refractivity contribution in [1.82, 2.24) is 16.6 Å². The molecule has 3 nitrogen and oxygen atoms in total. The SMILES string of the molecule is C=CC1(C=C)C(=C)C([N])C(=C)C(C=C)(C=C)N1[NH]. The van der Waals surface area contributed by atoms with Crippen LogP contribution < -0.4 is 11.6 Å². The largest absolute Gasteiger partial charge is 0.194 e. The van der Waals surface area contributed by atoms with Crippen LogP contribution in [-0.4, -0.2) is 22.1 Å². The van der Waals surface area contributed by atoms with E-state index in [1.165, 1.54) is 29.3 Å². The summed E-state index contributed by atoms with van der Waals surface area (Å²) in [7, 11) is 0. The van der Waals surface area contributed by atoms with E-state index in [0.29, 0.717) is 11.1 Å². The molecule has 1 N–H and O–H groups in total. The zero-order valence-electron chi connectivity index (χ0n) is 10.5. The average Bonchev–Trinajstić information content (AvgIpc) is 2.40. The second-order valence-corrected chi connectivity index (χ2v) is 4.26. The van der Waals surface area contributed by atoms with Crippen molar-refractivity contribution in [3.63, 3.8) is 0 Å². The molecule has 0 bridgehead atoms. The Morgan fingerprint density at radius 3 is 1.44 bits per heavy atom. The maximum absolute atomic E-state index is 10.3. The molecule has 0 atom stereocenters. The van der Waals surface area contributed by atoms with Crippen LogP contribution in [-0.2, 0) is 0 Å². The van der Waals surface area contributed by atoms with Gasteiger partial charge in [0.2, 0.25) is 0 Å². The van der Waals surface area contributed by atoms with Gasteiger partial charge in [0, 0.05) is 0 Å². The zero-order valence-corrected chi connectivity index (χ0v) is 10.5. The van der Waals surface area contributed by atoms with Gasteiger partial charge in [-0.25, -0.2) is 0 Å². The number of piperidine rings is 1. The Balaban J connectivity index is 3.61. The molecule has 0 amide bonds. The summed E-state index contributed by atoms with van der Waals surface area (Å²) in [4.78, 5) is 0. The summed E-state index contributed by atoms with van der Waals surface area (Å²) in [5.74, 6) is 8.35. The molecule has 1 saturated heterocycles.